The van der Waals surface area contributed by atoms with Crippen molar-refractivity contribution in [3.63, 3.8) is 0 Å². The first-order chi connectivity index (χ1) is 15.1. The fourth-order valence-corrected chi connectivity index (χ4v) is 3.58. The van der Waals surface area contributed by atoms with E-state index in [4.69, 9.17) is 4.74 Å². The first-order valence-electron chi connectivity index (χ1n) is 10.3. The number of hydrogen-bond donors (Lipinski definition) is 1. The van der Waals surface area contributed by atoms with Crippen LogP contribution in [-0.2, 0) is 6.54 Å². The van der Waals surface area contributed by atoms with Crippen molar-refractivity contribution in [3.8, 4) is 5.75 Å². The number of nitrogens with zero attached hydrogens (tertiary/aromatic N) is 5. The molecule has 1 aromatic carbocycles. The number of amides is 1. The molecule has 0 spiro atoms. The average Bonchev–Trinajstić information content (AvgIpc) is 2.83. The number of pyridine rings is 1. The lowest BCUT2D eigenvalue weighted by atomic mass is 10.2. The van der Waals surface area contributed by atoms with E-state index in [1.807, 2.05) is 54.3 Å². The van der Waals surface area contributed by atoms with Gasteiger partial charge in [-0.05, 0) is 36.8 Å². The van der Waals surface area contributed by atoms with E-state index in [0.717, 1.165) is 30.2 Å². The highest BCUT2D eigenvalue weighted by atomic mass is 16.5. The van der Waals surface area contributed by atoms with Crippen LogP contribution in [-0.4, -0.2) is 59.0 Å². The minimum Gasteiger partial charge on any atom is -0.497 e. The molecule has 8 heteroatoms. The second kappa shape index (κ2) is 9.42. The maximum Gasteiger partial charge on any atom is 0.257 e. The Balaban J connectivity index is 1.36. The summed E-state index contributed by atoms with van der Waals surface area (Å²) in [6, 6.07) is 13.7. The van der Waals surface area contributed by atoms with Crippen molar-refractivity contribution in [1.29, 1.82) is 0 Å². The zero-order valence-corrected chi connectivity index (χ0v) is 17.8. The largest absolute Gasteiger partial charge is 0.497 e. The third kappa shape index (κ3) is 4.91. The van der Waals surface area contributed by atoms with Gasteiger partial charge in [-0.2, -0.15) is 0 Å². The van der Waals surface area contributed by atoms with Crippen molar-refractivity contribution >= 4 is 17.7 Å². The molecule has 2 aromatic heterocycles. The quantitative estimate of drug-likeness (QED) is 0.659. The van der Waals surface area contributed by atoms with Gasteiger partial charge in [0.15, 0.2) is 0 Å². The molecule has 0 bridgehead atoms. The van der Waals surface area contributed by atoms with Gasteiger partial charge in [0, 0.05) is 45.1 Å². The van der Waals surface area contributed by atoms with Gasteiger partial charge in [0.1, 0.15) is 11.6 Å². The molecule has 0 aliphatic carbocycles. The second-order valence-electron chi connectivity index (χ2n) is 7.36. The molecule has 1 fully saturated rings. The monoisotopic (exact) mass is 418 g/mol. The molecule has 1 aliphatic heterocycles. The summed E-state index contributed by atoms with van der Waals surface area (Å²) in [7, 11) is 1.65. The average molecular weight is 419 g/mol. The number of rotatable bonds is 6. The Bertz CT molecular complexity index is 1040. The maximum atomic E-state index is 13.0. The van der Waals surface area contributed by atoms with E-state index in [1.54, 1.807) is 19.5 Å². The Morgan fingerprint density at radius 2 is 1.94 bits per heavy atom. The molecular formula is C23H26N6O2. The Labute approximate surface area is 181 Å². The molecule has 0 unspecified atom stereocenters. The van der Waals surface area contributed by atoms with Crippen molar-refractivity contribution < 1.29 is 9.53 Å². The number of benzene rings is 1. The highest BCUT2D eigenvalue weighted by molar-refractivity contribution is 5.95. The lowest BCUT2D eigenvalue weighted by Crippen LogP contribution is -2.49. The molecule has 8 nitrogen and oxygen atoms in total. The van der Waals surface area contributed by atoms with Crippen LogP contribution < -0.4 is 15.0 Å². The topological polar surface area (TPSA) is 83.5 Å². The number of hydrogen-bond acceptors (Lipinski definition) is 7. The Hall–Kier alpha value is -3.68. The summed E-state index contributed by atoms with van der Waals surface area (Å²) in [6.45, 7) is 5.20. The van der Waals surface area contributed by atoms with E-state index in [9.17, 15) is 4.79 Å². The molecule has 0 radical (unpaired) electrons. The summed E-state index contributed by atoms with van der Waals surface area (Å²) in [6.07, 6.45) is 3.40. The predicted octanol–water partition coefficient (Wildman–Crippen LogP) is 2.76. The minimum absolute atomic E-state index is 0.0301. The summed E-state index contributed by atoms with van der Waals surface area (Å²) < 4.78 is 5.25. The van der Waals surface area contributed by atoms with Crippen LogP contribution in [0.1, 0.15) is 21.6 Å². The Morgan fingerprint density at radius 3 is 2.65 bits per heavy atom. The molecule has 0 saturated carbocycles. The van der Waals surface area contributed by atoms with Crippen LogP contribution in [0.5, 0.6) is 5.75 Å². The van der Waals surface area contributed by atoms with Crippen LogP contribution >= 0.6 is 0 Å². The van der Waals surface area contributed by atoms with Gasteiger partial charge in [-0.1, -0.05) is 18.2 Å². The van der Waals surface area contributed by atoms with Gasteiger partial charge in [0.2, 0.25) is 5.95 Å². The van der Waals surface area contributed by atoms with E-state index < -0.39 is 0 Å². The highest BCUT2D eigenvalue weighted by Crippen LogP contribution is 2.17. The molecule has 4 rings (SSSR count). The van der Waals surface area contributed by atoms with Crippen molar-refractivity contribution in [1.82, 2.24) is 19.9 Å². The molecule has 3 aromatic rings. The van der Waals surface area contributed by atoms with E-state index >= 15 is 0 Å². The number of ether oxygens (including phenoxy) is 1. The van der Waals surface area contributed by atoms with Gasteiger partial charge < -0.3 is 19.9 Å². The first-order valence-corrected chi connectivity index (χ1v) is 10.3. The molecule has 1 aliphatic rings. The molecule has 1 saturated heterocycles. The molecule has 160 valence electrons. The SMILES string of the molecule is COc1cccc(CNc2ncc(C(=O)N3CCN(c4ccccn4)CC3)c(C)n2)c1. The first kappa shape index (κ1) is 20.6. The third-order valence-corrected chi connectivity index (χ3v) is 5.33. The summed E-state index contributed by atoms with van der Waals surface area (Å²) in [5.74, 6) is 2.22. The highest BCUT2D eigenvalue weighted by Gasteiger charge is 2.24. The fourth-order valence-electron chi connectivity index (χ4n) is 3.58. The number of carbonyl (C=O) groups is 1. The molecular weight excluding hydrogens is 392 g/mol. The Kier molecular flexibility index (Phi) is 6.26. The Morgan fingerprint density at radius 1 is 1.10 bits per heavy atom. The zero-order valence-electron chi connectivity index (χ0n) is 17.8. The third-order valence-electron chi connectivity index (χ3n) is 5.33. The smallest absolute Gasteiger partial charge is 0.257 e. The van der Waals surface area contributed by atoms with Crippen LogP contribution in [0.25, 0.3) is 0 Å². The minimum atomic E-state index is -0.0301. The van der Waals surface area contributed by atoms with Crippen molar-refractivity contribution in [3.05, 3.63) is 71.7 Å². The molecule has 31 heavy (non-hydrogen) atoms. The number of aromatic nitrogens is 3. The van der Waals surface area contributed by atoms with E-state index in [0.29, 0.717) is 36.8 Å². The van der Waals surface area contributed by atoms with Gasteiger partial charge in [0.05, 0.1) is 18.4 Å². The molecule has 1 amide bonds. The number of aryl methyl sites for hydroxylation is 1. The van der Waals surface area contributed by atoms with Crippen molar-refractivity contribution in [2.75, 3.05) is 43.5 Å². The van der Waals surface area contributed by atoms with Crippen molar-refractivity contribution in [2.45, 2.75) is 13.5 Å². The number of anilines is 2. The van der Waals surface area contributed by atoms with Crippen LogP contribution in [0.15, 0.2) is 54.9 Å². The zero-order chi connectivity index (χ0) is 21.6. The summed E-state index contributed by atoms with van der Waals surface area (Å²) in [5.41, 5.74) is 2.27. The number of carbonyl (C=O) groups excluding carboxylic acids is 1. The van der Waals surface area contributed by atoms with E-state index in [1.165, 1.54) is 0 Å². The number of methoxy groups -OCH3 is 1. The van der Waals surface area contributed by atoms with E-state index in [2.05, 4.69) is 25.2 Å². The van der Waals surface area contributed by atoms with E-state index in [-0.39, 0.29) is 5.91 Å². The normalized spacial score (nSPS) is 13.7. The van der Waals surface area contributed by atoms with Gasteiger partial charge >= 0.3 is 0 Å². The molecule has 3 heterocycles. The summed E-state index contributed by atoms with van der Waals surface area (Å²) >= 11 is 0. The summed E-state index contributed by atoms with van der Waals surface area (Å²) in [4.78, 5) is 30.3. The number of nitrogens with one attached hydrogen (secondary N) is 1. The van der Waals surface area contributed by atoms with Crippen LogP contribution in [0.3, 0.4) is 0 Å². The van der Waals surface area contributed by atoms with Gasteiger partial charge in [-0.25, -0.2) is 15.0 Å². The van der Waals surface area contributed by atoms with Gasteiger partial charge in [-0.3, -0.25) is 4.79 Å². The second-order valence-corrected chi connectivity index (χ2v) is 7.36. The maximum absolute atomic E-state index is 13.0. The summed E-state index contributed by atoms with van der Waals surface area (Å²) in [5, 5.41) is 3.21. The fraction of sp³-hybridized carbons (Fsp3) is 0.304. The van der Waals surface area contributed by atoms with Crippen LogP contribution in [0.2, 0.25) is 0 Å². The lowest BCUT2D eigenvalue weighted by molar-refractivity contribution is 0.0745. The van der Waals surface area contributed by atoms with Gasteiger partial charge in [-0.15, -0.1) is 0 Å². The van der Waals surface area contributed by atoms with Crippen LogP contribution in [0.4, 0.5) is 11.8 Å². The predicted molar refractivity (Wildman–Crippen MR) is 119 cm³/mol. The molecule has 1 N–H and O–H groups in total. The standard InChI is InChI=1S/C23H26N6O2/c1-17-20(16-26-23(27-17)25-15-18-6-5-7-19(14-18)31-2)22(30)29-12-10-28(11-13-29)21-8-3-4-9-24-21/h3-9,14,16H,10-13,15H2,1-2H3,(H,25,26,27). The lowest BCUT2D eigenvalue weighted by Gasteiger charge is -2.35. The van der Waals surface area contributed by atoms with Crippen LogP contribution in [0, 0.1) is 6.92 Å². The van der Waals surface area contributed by atoms with Crippen molar-refractivity contribution in [2.24, 2.45) is 0 Å². The number of piperazine rings is 1. The molecule has 0 atom stereocenters. The van der Waals surface area contributed by atoms with Gasteiger partial charge in [0.25, 0.3) is 5.91 Å².